The van der Waals surface area contributed by atoms with E-state index < -0.39 is 12.0 Å². The Morgan fingerprint density at radius 3 is 2.94 bits per heavy atom. The molecule has 1 N–H and O–H groups in total. The van der Waals surface area contributed by atoms with Gasteiger partial charge in [0.2, 0.25) is 5.91 Å². The average Bonchev–Trinajstić information content (AvgIpc) is 2.76. The quantitative estimate of drug-likeness (QED) is 0.704. The number of nitrogens with zero attached hydrogens (tertiary/aromatic N) is 1. The summed E-state index contributed by atoms with van der Waals surface area (Å²) >= 11 is 0. The molecule has 2 heterocycles. The number of fused-ring (bicyclic) bond motifs is 1. The summed E-state index contributed by atoms with van der Waals surface area (Å²) in [5.74, 6) is -0.0491. The topological polar surface area (TPSA) is 67.9 Å². The molecule has 2 fully saturated rings. The van der Waals surface area contributed by atoms with Crippen molar-refractivity contribution in [2.24, 2.45) is 5.92 Å². The molecule has 2 rings (SSSR count). The van der Waals surface area contributed by atoms with E-state index in [4.69, 9.17) is 9.47 Å². The zero-order chi connectivity index (χ0) is 13.3. The zero-order valence-corrected chi connectivity index (χ0v) is 11.0. The molecule has 0 unspecified atom stereocenters. The van der Waals surface area contributed by atoms with Gasteiger partial charge in [-0.2, -0.15) is 0 Å². The first-order chi connectivity index (χ1) is 8.54. The van der Waals surface area contributed by atoms with E-state index in [1.165, 1.54) is 12.0 Å². The Morgan fingerprint density at radius 1 is 1.61 bits per heavy atom. The number of piperazine rings is 1. The van der Waals surface area contributed by atoms with Crippen molar-refractivity contribution in [1.82, 2.24) is 10.2 Å². The molecule has 0 aromatic carbocycles. The number of ether oxygens (including phenoxy) is 2. The predicted molar refractivity (Wildman–Crippen MR) is 63.6 cm³/mol. The van der Waals surface area contributed by atoms with Gasteiger partial charge in [0.15, 0.2) is 6.04 Å². The minimum Gasteiger partial charge on any atom is -0.467 e. The van der Waals surface area contributed by atoms with E-state index in [1.54, 1.807) is 0 Å². The van der Waals surface area contributed by atoms with Crippen LogP contribution in [0.5, 0.6) is 0 Å². The summed E-state index contributed by atoms with van der Waals surface area (Å²) in [5, 5.41) is 3.18. The maximum atomic E-state index is 12.3. The molecule has 6 heteroatoms. The van der Waals surface area contributed by atoms with Crippen LogP contribution in [0.2, 0.25) is 0 Å². The van der Waals surface area contributed by atoms with E-state index in [-0.39, 0.29) is 24.8 Å². The van der Waals surface area contributed by atoms with Gasteiger partial charge >= 0.3 is 5.97 Å². The van der Waals surface area contributed by atoms with Gasteiger partial charge in [0.25, 0.3) is 0 Å². The fourth-order valence-corrected chi connectivity index (χ4v) is 2.50. The Balaban J connectivity index is 2.10. The fourth-order valence-electron chi connectivity index (χ4n) is 2.50. The number of nitrogens with one attached hydrogen (secondary N) is 1. The van der Waals surface area contributed by atoms with Crippen molar-refractivity contribution in [3.05, 3.63) is 0 Å². The van der Waals surface area contributed by atoms with Crippen molar-refractivity contribution < 1.29 is 19.1 Å². The molecule has 2 aliphatic heterocycles. The predicted octanol–water partition coefficient (Wildman–Crippen LogP) is -0.269. The molecule has 102 valence electrons. The molecule has 2 saturated heterocycles. The molecule has 0 bridgehead atoms. The zero-order valence-electron chi connectivity index (χ0n) is 11.0. The molecule has 0 aliphatic carbocycles. The second-order valence-electron chi connectivity index (χ2n) is 5.16. The van der Waals surface area contributed by atoms with Crippen LogP contribution in [-0.4, -0.2) is 55.3 Å². The maximum absolute atomic E-state index is 12.3. The summed E-state index contributed by atoms with van der Waals surface area (Å²) < 4.78 is 10.2. The minimum absolute atomic E-state index is 0.0622. The summed E-state index contributed by atoms with van der Waals surface area (Å²) in [6.45, 7) is 4.93. The second kappa shape index (κ2) is 5.24. The summed E-state index contributed by atoms with van der Waals surface area (Å²) in [4.78, 5) is 25.5. The first-order valence-corrected chi connectivity index (χ1v) is 6.29. The van der Waals surface area contributed by atoms with Crippen LogP contribution < -0.4 is 5.32 Å². The lowest BCUT2D eigenvalue weighted by Crippen LogP contribution is -2.61. The smallest absolute Gasteiger partial charge is 0.331 e. The van der Waals surface area contributed by atoms with Gasteiger partial charge in [0.1, 0.15) is 6.23 Å². The molecule has 0 aromatic heterocycles. The monoisotopic (exact) mass is 256 g/mol. The highest BCUT2D eigenvalue weighted by Gasteiger charge is 2.47. The fraction of sp³-hybridized carbons (Fsp3) is 0.833. The number of methoxy groups -OCH3 is 1. The van der Waals surface area contributed by atoms with Crippen molar-refractivity contribution in [1.29, 1.82) is 0 Å². The minimum atomic E-state index is -0.593. The molecular formula is C12H20N2O4. The lowest BCUT2D eigenvalue weighted by molar-refractivity contribution is -0.155. The van der Waals surface area contributed by atoms with E-state index in [9.17, 15) is 9.59 Å². The Hall–Kier alpha value is -1.14. The van der Waals surface area contributed by atoms with Gasteiger partial charge in [0, 0.05) is 6.54 Å². The van der Waals surface area contributed by atoms with E-state index in [1.807, 2.05) is 0 Å². The number of esters is 1. The maximum Gasteiger partial charge on any atom is 0.331 e. The van der Waals surface area contributed by atoms with Crippen LogP contribution in [0.3, 0.4) is 0 Å². The highest BCUT2D eigenvalue weighted by Crippen LogP contribution is 2.24. The summed E-state index contributed by atoms with van der Waals surface area (Å²) in [6, 6.07) is -0.820. The van der Waals surface area contributed by atoms with Crippen LogP contribution in [0.25, 0.3) is 0 Å². The Kier molecular flexibility index (Phi) is 3.87. The summed E-state index contributed by atoms with van der Waals surface area (Å²) in [7, 11) is 1.33. The van der Waals surface area contributed by atoms with Gasteiger partial charge < -0.3 is 14.8 Å². The molecule has 0 aromatic rings. The molecule has 6 nitrogen and oxygen atoms in total. The number of rotatable bonds is 3. The second-order valence-corrected chi connectivity index (χ2v) is 5.16. The highest BCUT2D eigenvalue weighted by molar-refractivity contribution is 5.89. The molecule has 1 amide bonds. The Labute approximate surface area is 107 Å². The number of hydrogen-bond acceptors (Lipinski definition) is 5. The third-order valence-electron chi connectivity index (χ3n) is 3.36. The molecule has 2 aliphatic rings. The van der Waals surface area contributed by atoms with E-state index in [0.717, 1.165) is 6.42 Å². The highest BCUT2D eigenvalue weighted by atomic mass is 16.5. The van der Waals surface area contributed by atoms with Gasteiger partial charge in [-0.1, -0.05) is 13.8 Å². The number of carbonyl (C=O) groups is 2. The average molecular weight is 256 g/mol. The van der Waals surface area contributed by atoms with Crippen molar-refractivity contribution in [3.8, 4) is 0 Å². The number of hydrogen-bond donors (Lipinski definition) is 1. The third kappa shape index (κ3) is 2.35. The van der Waals surface area contributed by atoms with E-state index in [0.29, 0.717) is 12.5 Å². The first kappa shape index (κ1) is 13.3. The first-order valence-electron chi connectivity index (χ1n) is 6.29. The van der Waals surface area contributed by atoms with E-state index >= 15 is 0 Å². The third-order valence-corrected chi connectivity index (χ3v) is 3.36. The lowest BCUT2D eigenvalue weighted by atomic mass is 10.0. The van der Waals surface area contributed by atoms with Crippen molar-refractivity contribution in [2.45, 2.75) is 38.6 Å². The molecule has 18 heavy (non-hydrogen) atoms. The molecule has 0 saturated carbocycles. The number of carbonyl (C=O) groups excluding carboxylic acids is 2. The largest absolute Gasteiger partial charge is 0.467 e. The molecule has 0 radical (unpaired) electrons. The van der Waals surface area contributed by atoms with Crippen molar-refractivity contribution in [2.75, 3.05) is 20.3 Å². The van der Waals surface area contributed by atoms with Crippen molar-refractivity contribution >= 4 is 11.9 Å². The summed E-state index contributed by atoms with van der Waals surface area (Å²) in [6.07, 6.45) is 0.417. The molecular weight excluding hydrogens is 236 g/mol. The van der Waals surface area contributed by atoms with Crippen LogP contribution in [0.4, 0.5) is 0 Å². The molecule has 3 atom stereocenters. The molecule has 0 spiro atoms. The Bertz CT molecular complexity index is 345. The van der Waals surface area contributed by atoms with Crippen LogP contribution in [0.1, 0.15) is 20.3 Å². The van der Waals surface area contributed by atoms with Crippen LogP contribution in [0.15, 0.2) is 0 Å². The van der Waals surface area contributed by atoms with Gasteiger partial charge in [-0.3, -0.25) is 9.69 Å². The van der Waals surface area contributed by atoms with E-state index in [2.05, 4.69) is 19.2 Å². The number of amides is 1. The van der Waals surface area contributed by atoms with Crippen LogP contribution in [-0.2, 0) is 19.1 Å². The van der Waals surface area contributed by atoms with Crippen LogP contribution >= 0.6 is 0 Å². The lowest BCUT2D eigenvalue weighted by Gasteiger charge is -2.36. The standard InChI is InChI=1S/C12H20N2O4/c1-7(2)4-8-11(15)14-9(12(16)17-3)6-18-10(14)5-13-8/h7-10,13H,4-6H2,1-3H3/t8-,9-,10+/m1/s1. The van der Waals surface area contributed by atoms with Gasteiger partial charge in [0.05, 0.1) is 19.8 Å². The van der Waals surface area contributed by atoms with Gasteiger partial charge in [-0.15, -0.1) is 0 Å². The Morgan fingerprint density at radius 2 is 2.33 bits per heavy atom. The summed E-state index contributed by atoms with van der Waals surface area (Å²) in [5.41, 5.74) is 0. The van der Waals surface area contributed by atoms with Crippen LogP contribution in [0, 0.1) is 5.92 Å². The van der Waals surface area contributed by atoms with Crippen molar-refractivity contribution in [3.63, 3.8) is 0 Å². The van der Waals surface area contributed by atoms with Gasteiger partial charge in [-0.05, 0) is 12.3 Å². The SMILES string of the molecule is COC(=O)[C@H]1CO[C@H]2CN[C@H](CC(C)C)C(=O)N21. The normalized spacial score (nSPS) is 31.7. The van der Waals surface area contributed by atoms with Gasteiger partial charge in [-0.25, -0.2) is 4.79 Å².